The van der Waals surface area contributed by atoms with Crippen LogP contribution in [0.2, 0.25) is 0 Å². The van der Waals surface area contributed by atoms with Gasteiger partial charge in [-0.15, -0.1) is 0 Å². The maximum Gasteiger partial charge on any atom is 0.239 e. The molecule has 0 heterocycles. The minimum Gasteiger partial charge on any atom is -0.378 e. The number of hydrogen-bond donors (Lipinski definition) is 2. The summed E-state index contributed by atoms with van der Waals surface area (Å²) in [7, 11) is 1.70. The Hall–Kier alpha value is -1.46. The van der Waals surface area contributed by atoms with E-state index < -0.39 is 11.9 Å². The van der Waals surface area contributed by atoms with E-state index >= 15 is 0 Å². The molecule has 1 aromatic carbocycles. The van der Waals surface area contributed by atoms with Crippen molar-refractivity contribution in [3.63, 3.8) is 0 Å². The van der Waals surface area contributed by atoms with E-state index in [-0.39, 0.29) is 22.9 Å². The van der Waals surface area contributed by atoms with E-state index in [1.165, 1.54) is 12.1 Å². The smallest absolute Gasteiger partial charge is 0.239 e. The third-order valence-corrected chi connectivity index (χ3v) is 5.13. The Bertz CT molecular complexity index is 530. The van der Waals surface area contributed by atoms with Crippen molar-refractivity contribution in [2.75, 3.05) is 7.11 Å². The van der Waals surface area contributed by atoms with Gasteiger partial charge >= 0.3 is 0 Å². The average molecular weight is 294 g/mol. The summed E-state index contributed by atoms with van der Waals surface area (Å²) in [4.78, 5) is 11.7. The second kappa shape index (κ2) is 5.39. The van der Waals surface area contributed by atoms with Gasteiger partial charge in [0.2, 0.25) is 5.91 Å². The SMILES string of the molecule is CO[C@]1(C)C[C@H](N[C@@H](C(N)=O)c2ccc(F)cc2)C1(C)C. The number of nitrogens with two attached hydrogens (primary N) is 1. The van der Waals surface area contributed by atoms with Crippen molar-refractivity contribution in [1.29, 1.82) is 0 Å². The van der Waals surface area contributed by atoms with E-state index in [1.54, 1.807) is 19.2 Å². The van der Waals surface area contributed by atoms with Crippen molar-refractivity contribution in [2.45, 2.75) is 44.9 Å². The minimum absolute atomic E-state index is 0.102. The Balaban J connectivity index is 2.16. The van der Waals surface area contributed by atoms with Gasteiger partial charge in [0.1, 0.15) is 11.9 Å². The molecule has 1 fully saturated rings. The molecular formula is C16H23FN2O2. The molecule has 4 nitrogen and oxygen atoms in total. The quantitative estimate of drug-likeness (QED) is 0.874. The molecule has 1 aromatic rings. The van der Waals surface area contributed by atoms with Crippen LogP contribution in [0.1, 0.15) is 38.8 Å². The molecule has 3 atom stereocenters. The number of benzene rings is 1. The molecule has 1 aliphatic rings. The molecule has 0 bridgehead atoms. The molecule has 1 saturated carbocycles. The third-order valence-electron chi connectivity index (χ3n) is 5.13. The first-order chi connectivity index (χ1) is 9.71. The molecule has 0 saturated heterocycles. The Morgan fingerprint density at radius 1 is 1.38 bits per heavy atom. The van der Waals surface area contributed by atoms with Crippen LogP contribution in [0.5, 0.6) is 0 Å². The average Bonchev–Trinajstić information content (AvgIpc) is 2.43. The van der Waals surface area contributed by atoms with E-state index in [9.17, 15) is 9.18 Å². The number of ether oxygens (including phenoxy) is 1. The van der Waals surface area contributed by atoms with Gasteiger partial charge in [-0.25, -0.2) is 4.39 Å². The lowest BCUT2D eigenvalue weighted by Crippen LogP contribution is -2.68. The van der Waals surface area contributed by atoms with Crippen LogP contribution in [0.3, 0.4) is 0 Å². The van der Waals surface area contributed by atoms with Crippen LogP contribution >= 0.6 is 0 Å². The predicted octanol–water partition coefficient (Wildman–Crippen LogP) is 2.15. The Labute approximate surface area is 124 Å². The number of carbonyl (C=O) groups is 1. The van der Waals surface area contributed by atoms with Gasteiger partial charge < -0.3 is 10.5 Å². The zero-order chi connectivity index (χ0) is 15.8. The fourth-order valence-corrected chi connectivity index (χ4v) is 2.96. The molecule has 0 aliphatic heterocycles. The van der Waals surface area contributed by atoms with Crippen molar-refractivity contribution in [3.8, 4) is 0 Å². The van der Waals surface area contributed by atoms with Gasteiger partial charge in [-0.05, 0) is 31.0 Å². The first-order valence-electron chi connectivity index (χ1n) is 7.07. The van der Waals surface area contributed by atoms with Crippen LogP contribution in [0.4, 0.5) is 4.39 Å². The molecule has 0 spiro atoms. The fraction of sp³-hybridized carbons (Fsp3) is 0.562. The number of rotatable bonds is 5. The summed E-state index contributed by atoms with van der Waals surface area (Å²) in [6.45, 7) is 6.25. The standard InChI is InChI=1S/C16H23FN2O2/c1-15(2)12(9-16(15,3)21-4)19-13(14(18)20)10-5-7-11(17)8-6-10/h5-8,12-13,19H,9H2,1-4H3,(H2,18,20)/t12-,13+,16+/m0/s1. The molecule has 0 unspecified atom stereocenters. The minimum atomic E-state index is -0.628. The zero-order valence-electron chi connectivity index (χ0n) is 12.9. The second-order valence-electron chi connectivity index (χ2n) is 6.47. The number of nitrogens with one attached hydrogen (secondary N) is 1. The van der Waals surface area contributed by atoms with E-state index in [2.05, 4.69) is 26.1 Å². The number of halogens is 1. The molecule has 3 N–H and O–H groups in total. The van der Waals surface area contributed by atoms with Crippen molar-refractivity contribution in [3.05, 3.63) is 35.6 Å². The highest BCUT2D eigenvalue weighted by Crippen LogP contribution is 2.52. The lowest BCUT2D eigenvalue weighted by atomic mass is 9.55. The highest BCUT2D eigenvalue weighted by Gasteiger charge is 2.58. The van der Waals surface area contributed by atoms with Crippen LogP contribution in [-0.2, 0) is 9.53 Å². The van der Waals surface area contributed by atoms with E-state index in [0.717, 1.165) is 6.42 Å². The van der Waals surface area contributed by atoms with Gasteiger partial charge in [0.05, 0.1) is 5.60 Å². The first-order valence-corrected chi connectivity index (χ1v) is 7.07. The maximum absolute atomic E-state index is 13.0. The van der Waals surface area contributed by atoms with Crippen molar-refractivity contribution in [2.24, 2.45) is 11.1 Å². The summed E-state index contributed by atoms with van der Waals surface area (Å²) >= 11 is 0. The van der Waals surface area contributed by atoms with Gasteiger partial charge in [0.25, 0.3) is 0 Å². The lowest BCUT2D eigenvalue weighted by molar-refractivity contribution is -0.183. The first kappa shape index (κ1) is 15.9. The van der Waals surface area contributed by atoms with Gasteiger partial charge in [0.15, 0.2) is 0 Å². The van der Waals surface area contributed by atoms with E-state index in [1.807, 2.05) is 0 Å². The largest absolute Gasteiger partial charge is 0.378 e. The summed E-state index contributed by atoms with van der Waals surface area (Å²) in [5, 5.41) is 3.29. The van der Waals surface area contributed by atoms with Crippen molar-refractivity contribution in [1.82, 2.24) is 5.32 Å². The molecule has 116 valence electrons. The number of carbonyl (C=O) groups excluding carboxylic acids is 1. The second-order valence-corrected chi connectivity index (χ2v) is 6.47. The summed E-state index contributed by atoms with van der Waals surface area (Å²) in [5.74, 6) is -0.804. The summed E-state index contributed by atoms with van der Waals surface area (Å²) in [5.41, 5.74) is 5.81. The number of amides is 1. The summed E-state index contributed by atoms with van der Waals surface area (Å²) in [6, 6.07) is 5.30. The molecular weight excluding hydrogens is 271 g/mol. The summed E-state index contributed by atoms with van der Waals surface area (Å²) < 4.78 is 18.6. The van der Waals surface area contributed by atoms with Gasteiger partial charge in [0, 0.05) is 18.6 Å². The van der Waals surface area contributed by atoms with Crippen molar-refractivity contribution < 1.29 is 13.9 Å². The highest BCUT2D eigenvalue weighted by atomic mass is 19.1. The molecule has 1 aliphatic carbocycles. The van der Waals surface area contributed by atoms with Gasteiger partial charge in [-0.3, -0.25) is 10.1 Å². The summed E-state index contributed by atoms with van der Waals surface area (Å²) in [6.07, 6.45) is 0.793. The molecule has 0 aromatic heterocycles. The van der Waals surface area contributed by atoms with Crippen LogP contribution in [-0.4, -0.2) is 24.7 Å². The number of methoxy groups -OCH3 is 1. The van der Waals surface area contributed by atoms with Gasteiger partial charge in [-0.1, -0.05) is 26.0 Å². The Kier molecular flexibility index (Phi) is 4.08. The zero-order valence-corrected chi connectivity index (χ0v) is 12.9. The lowest BCUT2D eigenvalue weighted by Gasteiger charge is -2.59. The van der Waals surface area contributed by atoms with Crippen LogP contribution in [0.15, 0.2) is 24.3 Å². The van der Waals surface area contributed by atoms with Crippen LogP contribution < -0.4 is 11.1 Å². The van der Waals surface area contributed by atoms with Crippen molar-refractivity contribution >= 4 is 5.91 Å². The fourth-order valence-electron chi connectivity index (χ4n) is 2.96. The molecule has 2 rings (SSSR count). The molecule has 0 radical (unpaired) electrons. The molecule has 1 amide bonds. The molecule has 5 heteroatoms. The van der Waals surface area contributed by atoms with Crippen LogP contribution in [0.25, 0.3) is 0 Å². The maximum atomic E-state index is 13.0. The molecule has 21 heavy (non-hydrogen) atoms. The normalized spacial score (nSPS) is 28.7. The predicted molar refractivity (Wildman–Crippen MR) is 79.1 cm³/mol. The topological polar surface area (TPSA) is 64.3 Å². The third kappa shape index (κ3) is 2.68. The Morgan fingerprint density at radius 2 is 1.95 bits per heavy atom. The van der Waals surface area contributed by atoms with E-state index in [4.69, 9.17) is 10.5 Å². The van der Waals surface area contributed by atoms with Gasteiger partial charge in [-0.2, -0.15) is 0 Å². The highest BCUT2D eigenvalue weighted by molar-refractivity contribution is 5.81. The number of primary amides is 1. The monoisotopic (exact) mass is 294 g/mol. The Morgan fingerprint density at radius 3 is 2.38 bits per heavy atom. The van der Waals surface area contributed by atoms with E-state index in [0.29, 0.717) is 5.56 Å². The number of hydrogen-bond acceptors (Lipinski definition) is 3. The van der Waals surface area contributed by atoms with Crippen LogP contribution in [0, 0.1) is 11.2 Å².